The number of anilines is 1. The summed E-state index contributed by atoms with van der Waals surface area (Å²) < 4.78 is 33.5. The third-order valence-corrected chi connectivity index (χ3v) is 4.06. The van der Waals surface area contributed by atoms with Crippen molar-refractivity contribution in [3.63, 3.8) is 0 Å². The minimum absolute atomic E-state index is 0.00853. The van der Waals surface area contributed by atoms with Crippen molar-refractivity contribution >= 4 is 24.0 Å². The first-order chi connectivity index (χ1) is 11.8. The number of halogens is 2. The Hall–Kier alpha value is -2.71. The monoisotopic (exact) mass is 355 g/mol. The number of hydrogen-bond donors (Lipinski definition) is 2. The van der Waals surface area contributed by atoms with E-state index in [1.54, 1.807) is 4.90 Å². The average molecular weight is 355 g/mol. The number of primary amides is 1. The Labute approximate surface area is 143 Å². The smallest absolute Gasteiger partial charge is 0.404 e. The van der Waals surface area contributed by atoms with Gasteiger partial charge < -0.3 is 25.5 Å². The number of benzene rings is 1. The van der Waals surface area contributed by atoms with Gasteiger partial charge in [0.2, 0.25) is 5.91 Å². The van der Waals surface area contributed by atoms with Crippen LogP contribution < -0.4 is 16.0 Å². The molecular weight excluding hydrogens is 336 g/mol. The van der Waals surface area contributed by atoms with Crippen LogP contribution in [0.4, 0.5) is 19.3 Å². The van der Waals surface area contributed by atoms with E-state index >= 15 is 0 Å². The maximum absolute atomic E-state index is 14.4. The number of carbonyl (C=O) groups is 3. The van der Waals surface area contributed by atoms with Crippen LogP contribution in [0, 0.1) is 11.6 Å². The number of carbonyl (C=O) groups excluding carboxylic acids is 3. The number of nitrogens with two attached hydrogens (primary N) is 1. The Morgan fingerprint density at radius 3 is 2.48 bits per heavy atom. The summed E-state index contributed by atoms with van der Waals surface area (Å²) in [5.74, 6) is -3.08. The van der Waals surface area contributed by atoms with Crippen LogP contribution in [-0.4, -0.2) is 44.5 Å². The number of ether oxygens (including phenoxy) is 1. The number of hydrogen-bond acceptors (Lipinski definition) is 5. The normalized spacial score (nSPS) is 15.2. The van der Waals surface area contributed by atoms with Gasteiger partial charge in [0, 0.05) is 30.6 Å². The zero-order chi connectivity index (χ0) is 18.6. The fraction of sp³-hybridized carbons (Fsp3) is 0.438. The van der Waals surface area contributed by atoms with Crippen LogP contribution in [0.1, 0.15) is 24.3 Å². The molecule has 0 aliphatic carbocycles. The second-order valence-electron chi connectivity index (χ2n) is 5.74. The highest BCUT2D eigenvalue weighted by Gasteiger charge is 2.31. The van der Waals surface area contributed by atoms with E-state index in [0.717, 1.165) is 12.1 Å². The largest absolute Gasteiger partial charge is 0.443 e. The van der Waals surface area contributed by atoms with Crippen LogP contribution in [0.15, 0.2) is 12.1 Å². The van der Waals surface area contributed by atoms with Gasteiger partial charge in [-0.3, -0.25) is 4.79 Å². The topological polar surface area (TPSA) is 102 Å². The maximum Gasteiger partial charge on any atom is 0.404 e. The van der Waals surface area contributed by atoms with Gasteiger partial charge in [0.05, 0.1) is 13.1 Å². The zero-order valence-electron chi connectivity index (χ0n) is 13.6. The lowest BCUT2D eigenvalue weighted by Crippen LogP contribution is -2.53. The molecule has 2 amide bonds. The minimum Gasteiger partial charge on any atom is -0.443 e. The Morgan fingerprint density at radius 1 is 1.40 bits per heavy atom. The van der Waals surface area contributed by atoms with Crippen LogP contribution in [0.25, 0.3) is 0 Å². The molecule has 3 N–H and O–H groups in total. The molecule has 1 atom stereocenters. The highest BCUT2D eigenvalue weighted by molar-refractivity contribution is 5.76. The van der Waals surface area contributed by atoms with E-state index in [1.165, 1.54) is 7.05 Å². The molecule has 1 fully saturated rings. The van der Waals surface area contributed by atoms with Gasteiger partial charge in [-0.05, 0) is 18.6 Å². The van der Waals surface area contributed by atoms with Crippen molar-refractivity contribution in [3.8, 4) is 0 Å². The molecule has 1 saturated heterocycles. The van der Waals surface area contributed by atoms with E-state index in [0.29, 0.717) is 6.29 Å². The predicted molar refractivity (Wildman–Crippen MR) is 85.1 cm³/mol. The van der Waals surface area contributed by atoms with Gasteiger partial charge in [-0.15, -0.1) is 0 Å². The lowest BCUT2D eigenvalue weighted by Gasteiger charge is -2.39. The van der Waals surface area contributed by atoms with Crippen LogP contribution >= 0.6 is 0 Å². The van der Waals surface area contributed by atoms with E-state index in [-0.39, 0.29) is 43.1 Å². The van der Waals surface area contributed by atoms with Crippen molar-refractivity contribution < 1.29 is 27.9 Å². The Bertz CT molecular complexity index is 654. The van der Waals surface area contributed by atoms with Gasteiger partial charge in [0.15, 0.2) is 0 Å². The molecule has 0 saturated carbocycles. The fourth-order valence-corrected chi connectivity index (χ4v) is 2.69. The number of rotatable bonds is 7. The summed E-state index contributed by atoms with van der Waals surface area (Å²) in [4.78, 5) is 34.7. The van der Waals surface area contributed by atoms with Gasteiger partial charge in [-0.25, -0.2) is 13.6 Å². The van der Waals surface area contributed by atoms with Gasteiger partial charge in [-0.1, -0.05) is 0 Å². The van der Waals surface area contributed by atoms with Crippen molar-refractivity contribution in [2.75, 3.05) is 25.0 Å². The first kappa shape index (κ1) is 18.6. The molecular formula is C16H19F2N3O4. The second kappa shape index (κ2) is 7.91. The predicted octanol–water partition coefficient (Wildman–Crippen LogP) is 1.06. The summed E-state index contributed by atoms with van der Waals surface area (Å²) in [5, 5.41) is 2.39. The number of amides is 2. The maximum atomic E-state index is 14.4. The molecule has 0 bridgehead atoms. The summed E-state index contributed by atoms with van der Waals surface area (Å²) in [6, 6.07) is 2.24. The van der Waals surface area contributed by atoms with Gasteiger partial charge in [0.25, 0.3) is 0 Å². The molecule has 0 radical (unpaired) electrons. The van der Waals surface area contributed by atoms with E-state index in [9.17, 15) is 23.2 Å². The van der Waals surface area contributed by atoms with E-state index < -0.39 is 29.7 Å². The van der Waals surface area contributed by atoms with Crippen LogP contribution in [0.3, 0.4) is 0 Å². The van der Waals surface area contributed by atoms with E-state index in [2.05, 4.69) is 5.32 Å². The van der Waals surface area contributed by atoms with E-state index in [4.69, 9.17) is 10.5 Å². The molecule has 0 aromatic heterocycles. The molecule has 1 aromatic rings. The quantitative estimate of drug-likeness (QED) is 0.712. The Kier molecular flexibility index (Phi) is 5.89. The molecule has 1 heterocycles. The molecule has 1 unspecified atom stereocenters. The summed E-state index contributed by atoms with van der Waals surface area (Å²) in [6.45, 7) is 0.546. The summed E-state index contributed by atoms with van der Waals surface area (Å²) >= 11 is 0. The minimum atomic E-state index is -1.05. The van der Waals surface area contributed by atoms with Gasteiger partial charge in [0.1, 0.15) is 24.0 Å². The first-order valence-electron chi connectivity index (χ1n) is 7.71. The zero-order valence-corrected chi connectivity index (χ0v) is 13.6. The van der Waals surface area contributed by atoms with Crippen molar-refractivity contribution in [2.24, 2.45) is 5.73 Å². The van der Waals surface area contributed by atoms with Crippen molar-refractivity contribution in [1.29, 1.82) is 0 Å². The summed E-state index contributed by atoms with van der Waals surface area (Å²) in [7, 11) is 1.44. The third kappa shape index (κ3) is 4.43. The molecule has 25 heavy (non-hydrogen) atoms. The number of nitrogens with one attached hydrogen (secondary N) is 1. The summed E-state index contributed by atoms with van der Waals surface area (Å²) in [6.07, 6.45) is -0.890. The average Bonchev–Trinajstić information content (AvgIpc) is 2.52. The molecule has 136 valence electrons. The standard InChI is InChI=1S/C16H19F2N3O4/c1-20-14(23)3-2-9(8-22)15-12(17)4-10(5-13(15)18)21-6-11(7-21)25-16(19)24/h4-5,8-9,11H,2-3,6-7H2,1H3,(H2,19,24)(H,20,23). The number of nitrogens with zero attached hydrogens (tertiary/aromatic N) is 1. The van der Waals surface area contributed by atoms with Gasteiger partial charge >= 0.3 is 6.09 Å². The molecule has 1 aromatic carbocycles. The van der Waals surface area contributed by atoms with Crippen LogP contribution in [0.5, 0.6) is 0 Å². The summed E-state index contributed by atoms with van der Waals surface area (Å²) in [5.41, 5.74) is 4.83. The molecule has 0 spiro atoms. The highest BCUT2D eigenvalue weighted by Crippen LogP contribution is 2.31. The van der Waals surface area contributed by atoms with E-state index in [1.807, 2.05) is 0 Å². The Balaban J connectivity index is 2.10. The van der Waals surface area contributed by atoms with Crippen LogP contribution in [0.2, 0.25) is 0 Å². The molecule has 7 nitrogen and oxygen atoms in total. The molecule has 1 aliphatic heterocycles. The molecule has 2 rings (SSSR count). The SMILES string of the molecule is CNC(=O)CCC(C=O)c1c(F)cc(N2CC(OC(N)=O)C2)cc1F. The first-order valence-corrected chi connectivity index (χ1v) is 7.71. The highest BCUT2D eigenvalue weighted by atomic mass is 19.1. The van der Waals surface area contributed by atoms with Crippen LogP contribution in [-0.2, 0) is 14.3 Å². The molecule has 1 aliphatic rings. The third-order valence-electron chi connectivity index (χ3n) is 4.06. The van der Waals surface area contributed by atoms with Crippen molar-refractivity contribution in [1.82, 2.24) is 5.32 Å². The lowest BCUT2D eigenvalue weighted by atomic mass is 9.93. The van der Waals surface area contributed by atoms with Crippen molar-refractivity contribution in [3.05, 3.63) is 29.3 Å². The fourth-order valence-electron chi connectivity index (χ4n) is 2.69. The molecule has 9 heteroatoms. The van der Waals surface area contributed by atoms with Gasteiger partial charge in [-0.2, -0.15) is 0 Å². The second-order valence-corrected chi connectivity index (χ2v) is 5.74. The number of aldehydes is 1. The van der Waals surface area contributed by atoms with Crippen molar-refractivity contribution in [2.45, 2.75) is 24.9 Å². The lowest BCUT2D eigenvalue weighted by molar-refractivity contribution is -0.120. The Morgan fingerprint density at radius 2 is 2.00 bits per heavy atom.